The lowest BCUT2D eigenvalue weighted by Gasteiger charge is -2.12. The van der Waals surface area contributed by atoms with Crippen LogP contribution in [0.15, 0.2) is 61.2 Å². The summed E-state index contributed by atoms with van der Waals surface area (Å²) in [7, 11) is 0. The number of nitrogens with zero attached hydrogens (tertiary/aromatic N) is 3. The van der Waals surface area contributed by atoms with E-state index in [4.69, 9.17) is 11.6 Å². The van der Waals surface area contributed by atoms with Crippen molar-refractivity contribution < 1.29 is 9.59 Å². The Morgan fingerprint density at radius 1 is 1.14 bits per heavy atom. The lowest BCUT2D eigenvalue weighted by molar-refractivity contribution is -0.119. The highest BCUT2D eigenvalue weighted by molar-refractivity contribution is 7.99. The average molecular weight is 430 g/mol. The van der Waals surface area contributed by atoms with Crippen molar-refractivity contribution in [1.82, 2.24) is 14.8 Å². The number of amides is 2. The molecule has 2 aromatic carbocycles. The normalized spacial score (nSPS) is 11.7. The van der Waals surface area contributed by atoms with Gasteiger partial charge in [0.05, 0.1) is 5.75 Å². The molecule has 0 spiro atoms. The lowest BCUT2D eigenvalue weighted by atomic mass is 10.2. The van der Waals surface area contributed by atoms with E-state index in [-0.39, 0.29) is 11.8 Å². The van der Waals surface area contributed by atoms with Crippen molar-refractivity contribution in [2.45, 2.75) is 18.7 Å². The first-order valence-corrected chi connectivity index (χ1v) is 10.4. The molecule has 3 aromatic rings. The molecule has 29 heavy (non-hydrogen) atoms. The molecule has 2 N–H and O–H groups in total. The van der Waals surface area contributed by atoms with Crippen LogP contribution in [0.3, 0.4) is 0 Å². The third kappa shape index (κ3) is 6.33. The Bertz CT molecular complexity index is 963. The van der Waals surface area contributed by atoms with E-state index in [0.717, 1.165) is 5.56 Å². The van der Waals surface area contributed by atoms with Gasteiger partial charge in [-0.3, -0.25) is 9.59 Å². The molecule has 9 heteroatoms. The Morgan fingerprint density at radius 2 is 1.86 bits per heavy atom. The van der Waals surface area contributed by atoms with Gasteiger partial charge in [-0.2, -0.15) is 5.10 Å². The number of hydrogen-bond acceptors (Lipinski definition) is 5. The fourth-order valence-corrected chi connectivity index (χ4v) is 3.49. The largest absolute Gasteiger partial charge is 0.325 e. The van der Waals surface area contributed by atoms with E-state index in [1.54, 1.807) is 31.2 Å². The molecule has 0 aliphatic rings. The summed E-state index contributed by atoms with van der Waals surface area (Å²) in [6.45, 7) is 1.74. The first-order chi connectivity index (χ1) is 14.0. The molecule has 0 saturated carbocycles. The number of aromatic nitrogens is 3. The molecule has 2 amide bonds. The van der Waals surface area contributed by atoms with Gasteiger partial charge in [-0.15, -0.1) is 11.8 Å². The fourth-order valence-electron chi connectivity index (χ4n) is 2.51. The molecule has 1 aromatic heterocycles. The summed E-state index contributed by atoms with van der Waals surface area (Å²) in [6, 6.07) is 14.1. The maximum atomic E-state index is 12.2. The van der Waals surface area contributed by atoms with Gasteiger partial charge >= 0.3 is 0 Å². The van der Waals surface area contributed by atoms with E-state index < -0.39 is 6.04 Å². The number of carbonyl (C=O) groups excluding carboxylic acids is 2. The SMILES string of the molecule is CC(C(=O)Nc1ccc(NC(=O)CSCc2cccc(Cl)c2)cc1)n1cncn1. The summed E-state index contributed by atoms with van der Waals surface area (Å²) >= 11 is 7.47. The summed E-state index contributed by atoms with van der Waals surface area (Å²) in [5, 5.41) is 10.3. The Labute approximate surface area is 177 Å². The van der Waals surface area contributed by atoms with E-state index >= 15 is 0 Å². The van der Waals surface area contributed by atoms with Crippen molar-refractivity contribution >= 4 is 46.6 Å². The Morgan fingerprint density at radius 3 is 2.52 bits per heavy atom. The first-order valence-electron chi connectivity index (χ1n) is 8.88. The summed E-state index contributed by atoms with van der Waals surface area (Å²) in [4.78, 5) is 28.2. The van der Waals surface area contributed by atoms with Gasteiger partial charge in [-0.1, -0.05) is 23.7 Å². The highest BCUT2D eigenvalue weighted by atomic mass is 35.5. The van der Waals surface area contributed by atoms with Crippen molar-refractivity contribution in [3.8, 4) is 0 Å². The van der Waals surface area contributed by atoms with Crippen LogP contribution in [0.4, 0.5) is 11.4 Å². The van der Waals surface area contributed by atoms with Gasteiger partial charge < -0.3 is 10.6 Å². The summed E-state index contributed by atoms with van der Waals surface area (Å²) in [5.74, 6) is 0.752. The van der Waals surface area contributed by atoms with Crippen LogP contribution in [-0.4, -0.2) is 32.3 Å². The number of thioether (sulfide) groups is 1. The van der Waals surface area contributed by atoms with Crippen molar-refractivity contribution in [2.24, 2.45) is 0 Å². The zero-order chi connectivity index (χ0) is 20.6. The quantitative estimate of drug-likeness (QED) is 0.564. The predicted molar refractivity (Wildman–Crippen MR) is 116 cm³/mol. The van der Waals surface area contributed by atoms with Gasteiger partial charge in [0, 0.05) is 22.2 Å². The summed E-state index contributed by atoms with van der Waals surface area (Å²) in [5.41, 5.74) is 2.38. The lowest BCUT2D eigenvalue weighted by Crippen LogP contribution is -2.24. The van der Waals surface area contributed by atoms with Gasteiger partial charge in [0.15, 0.2) is 0 Å². The molecule has 0 aliphatic heterocycles. The predicted octanol–water partition coefficient (Wildman–Crippen LogP) is 4.00. The second-order valence-electron chi connectivity index (χ2n) is 6.29. The van der Waals surface area contributed by atoms with Crippen LogP contribution in [0, 0.1) is 0 Å². The van der Waals surface area contributed by atoms with E-state index in [1.165, 1.54) is 29.1 Å². The Balaban J connectivity index is 1.44. The van der Waals surface area contributed by atoms with E-state index in [9.17, 15) is 9.59 Å². The van der Waals surface area contributed by atoms with Crippen LogP contribution in [0.1, 0.15) is 18.5 Å². The molecular formula is C20H20ClN5O2S. The number of hydrogen-bond donors (Lipinski definition) is 2. The number of nitrogens with one attached hydrogen (secondary N) is 2. The Hall–Kier alpha value is -2.84. The van der Waals surface area contributed by atoms with Crippen molar-refractivity contribution in [2.75, 3.05) is 16.4 Å². The molecule has 3 rings (SSSR count). The molecule has 0 aliphatic carbocycles. The molecular weight excluding hydrogens is 410 g/mol. The minimum atomic E-state index is -0.478. The minimum Gasteiger partial charge on any atom is -0.325 e. The molecule has 7 nitrogen and oxygen atoms in total. The third-order valence-electron chi connectivity index (χ3n) is 4.04. The molecule has 0 radical (unpaired) electrons. The highest BCUT2D eigenvalue weighted by Crippen LogP contribution is 2.18. The van der Waals surface area contributed by atoms with E-state index in [2.05, 4.69) is 20.7 Å². The van der Waals surface area contributed by atoms with Gasteiger partial charge in [-0.05, 0) is 48.9 Å². The van der Waals surface area contributed by atoms with Crippen LogP contribution >= 0.6 is 23.4 Å². The van der Waals surface area contributed by atoms with Crippen LogP contribution in [0.25, 0.3) is 0 Å². The van der Waals surface area contributed by atoms with Gasteiger partial charge in [0.1, 0.15) is 18.7 Å². The summed E-state index contributed by atoms with van der Waals surface area (Å²) < 4.78 is 1.48. The third-order valence-corrected chi connectivity index (χ3v) is 5.28. The summed E-state index contributed by atoms with van der Waals surface area (Å²) in [6.07, 6.45) is 2.88. The number of rotatable bonds is 8. The molecule has 0 fully saturated rings. The van der Waals surface area contributed by atoms with Crippen LogP contribution in [-0.2, 0) is 15.3 Å². The zero-order valence-electron chi connectivity index (χ0n) is 15.7. The standard InChI is InChI=1S/C20H20ClN5O2S/c1-14(26-13-22-12-23-26)20(28)25-18-7-5-17(6-8-18)24-19(27)11-29-10-15-3-2-4-16(21)9-15/h2-9,12-14H,10-11H2,1H3,(H,24,27)(H,25,28). The van der Waals surface area contributed by atoms with E-state index in [0.29, 0.717) is 27.9 Å². The van der Waals surface area contributed by atoms with E-state index in [1.807, 2.05) is 24.3 Å². The second-order valence-corrected chi connectivity index (χ2v) is 7.71. The smallest absolute Gasteiger partial charge is 0.249 e. The maximum absolute atomic E-state index is 12.2. The van der Waals surface area contributed by atoms with Gasteiger partial charge in [0.2, 0.25) is 11.8 Å². The molecule has 0 saturated heterocycles. The van der Waals surface area contributed by atoms with Crippen LogP contribution in [0.2, 0.25) is 5.02 Å². The molecule has 150 valence electrons. The number of benzene rings is 2. The van der Waals surface area contributed by atoms with Crippen LogP contribution < -0.4 is 10.6 Å². The zero-order valence-corrected chi connectivity index (χ0v) is 17.3. The minimum absolute atomic E-state index is 0.0892. The molecule has 1 unspecified atom stereocenters. The van der Waals surface area contributed by atoms with Crippen LogP contribution in [0.5, 0.6) is 0 Å². The number of anilines is 2. The molecule has 1 heterocycles. The monoisotopic (exact) mass is 429 g/mol. The average Bonchev–Trinajstić information content (AvgIpc) is 3.24. The van der Waals surface area contributed by atoms with Crippen molar-refractivity contribution in [3.63, 3.8) is 0 Å². The number of halogens is 1. The van der Waals surface area contributed by atoms with Crippen molar-refractivity contribution in [3.05, 3.63) is 71.8 Å². The second kappa shape index (κ2) is 10.1. The highest BCUT2D eigenvalue weighted by Gasteiger charge is 2.15. The Kier molecular flexibility index (Phi) is 7.26. The fraction of sp³-hybridized carbons (Fsp3) is 0.200. The molecule has 0 bridgehead atoms. The van der Waals surface area contributed by atoms with Crippen molar-refractivity contribution in [1.29, 1.82) is 0 Å². The maximum Gasteiger partial charge on any atom is 0.249 e. The number of carbonyl (C=O) groups is 2. The van der Waals surface area contributed by atoms with Gasteiger partial charge in [-0.25, -0.2) is 9.67 Å². The first kappa shape index (κ1) is 20.9. The van der Waals surface area contributed by atoms with Gasteiger partial charge in [0.25, 0.3) is 0 Å². The topological polar surface area (TPSA) is 88.9 Å². The molecule has 1 atom stereocenters.